The van der Waals surface area contributed by atoms with Crippen LogP contribution in [0.1, 0.15) is 12.8 Å². The molecular weight excluding hydrogens is 366 g/mol. The Morgan fingerprint density at radius 1 is 0.931 bits per heavy atom. The summed E-state index contributed by atoms with van der Waals surface area (Å²) >= 11 is 0. The first-order chi connectivity index (χ1) is 14.2. The van der Waals surface area contributed by atoms with Gasteiger partial charge in [0.1, 0.15) is 6.54 Å². The lowest BCUT2D eigenvalue weighted by Gasteiger charge is -2.26. The van der Waals surface area contributed by atoms with Gasteiger partial charge in [0.2, 0.25) is 5.91 Å². The Labute approximate surface area is 170 Å². The van der Waals surface area contributed by atoms with Crippen LogP contribution < -0.4 is 10.7 Å². The first-order valence-corrected chi connectivity index (χ1v) is 10.3. The van der Waals surface area contributed by atoms with Crippen LogP contribution in [0, 0.1) is 0 Å². The van der Waals surface area contributed by atoms with Crippen LogP contribution in [0.4, 0.5) is 0 Å². The molecule has 6 heteroatoms. The molecule has 0 aliphatic carbocycles. The molecule has 0 spiro atoms. The number of amides is 1. The molecule has 0 radical (unpaired) electrons. The second-order valence-corrected chi connectivity index (χ2v) is 7.46. The number of morpholine rings is 1. The average molecular weight is 393 g/mol. The second-order valence-electron chi connectivity index (χ2n) is 7.46. The molecule has 1 amide bonds. The lowest BCUT2D eigenvalue weighted by atomic mass is 10.1. The van der Waals surface area contributed by atoms with Gasteiger partial charge in [-0.1, -0.05) is 24.3 Å². The highest BCUT2D eigenvalue weighted by Crippen LogP contribution is 2.18. The molecule has 3 aromatic rings. The number of hydrogen-bond acceptors (Lipinski definition) is 4. The van der Waals surface area contributed by atoms with E-state index in [0.717, 1.165) is 56.7 Å². The minimum atomic E-state index is -0.0321. The Kier molecular flexibility index (Phi) is 6.22. The molecule has 1 aromatic heterocycles. The molecule has 0 atom stereocenters. The van der Waals surface area contributed by atoms with Crippen LogP contribution in [0.15, 0.2) is 53.3 Å². The number of aromatic nitrogens is 1. The average Bonchev–Trinajstić information content (AvgIpc) is 2.77. The SMILES string of the molecule is O=C(Cn1c2ccccc2c(=O)c2ccccc21)NCCCCN1CCOCC1. The van der Waals surface area contributed by atoms with E-state index in [1.807, 2.05) is 53.1 Å². The zero-order chi connectivity index (χ0) is 20.1. The Bertz CT molecular complexity index is 994. The maximum absolute atomic E-state index is 12.8. The number of para-hydroxylation sites is 2. The summed E-state index contributed by atoms with van der Waals surface area (Å²) in [6.45, 7) is 5.55. The fraction of sp³-hybridized carbons (Fsp3) is 0.391. The summed E-state index contributed by atoms with van der Waals surface area (Å²) in [7, 11) is 0. The number of benzene rings is 2. The largest absolute Gasteiger partial charge is 0.379 e. The van der Waals surface area contributed by atoms with Crippen molar-refractivity contribution in [1.29, 1.82) is 0 Å². The van der Waals surface area contributed by atoms with Crippen molar-refractivity contribution >= 4 is 27.7 Å². The highest BCUT2D eigenvalue weighted by Gasteiger charge is 2.13. The Morgan fingerprint density at radius 3 is 2.21 bits per heavy atom. The fourth-order valence-electron chi connectivity index (χ4n) is 3.96. The van der Waals surface area contributed by atoms with Crippen LogP contribution in [0.25, 0.3) is 21.8 Å². The smallest absolute Gasteiger partial charge is 0.239 e. The molecule has 1 aliphatic heterocycles. The third kappa shape index (κ3) is 4.49. The van der Waals surface area contributed by atoms with Crippen molar-refractivity contribution in [1.82, 2.24) is 14.8 Å². The summed E-state index contributed by atoms with van der Waals surface area (Å²) in [6.07, 6.45) is 2.01. The number of carbonyl (C=O) groups is 1. The lowest BCUT2D eigenvalue weighted by molar-refractivity contribution is -0.121. The van der Waals surface area contributed by atoms with Crippen LogP contribution >= 0.6 is 0 Å². The first kappa shape index (κ1) is 19.6. The van der Waals surface area contributed by atoms with Gasteiger partial charge in [0.15, 0.2) is 5.43 Å². The minimum Gasteiger partial charge on any atom is -0.379 e. The monoisotopic (exact) mass is 393 g/mol. The van der Waals surface area contributed by atoms with Crippen molar-refractivity contribution in [2.45, 2.75) is 19.4 Å². The van der Waals surface area contributed by atoms with E-state index in [-0.39, 0.29) is 17.9 Å². The van der Waals surface area contributed by atoms with Crippen molar-refractivity contribution < 1.29 is 9.53 Å². The number of ether oxygens (including phenoxy) is 1. The highest BCUT2D eigenvalue weighted by atomic mass is 16.5. The lowest BCUT2D eigenvalue weighted by Crippen LogP contribution is -2.37. The zero-order valence-electron chi connectivity index (χ0n) is 16.6. The summed E-state index contributed by atoms with van der Waals surface area (Å²) < 4.78 is 7.30. The van der Waals surface area contributed by atoms with E-state index >= 15 is 0 Å². The van der Waals surface area contributed by atoms with Crippen molar-refractivity contribution in [3.63, 3.8) is 0 Å². The number of nitrogens with one attached hydrogen (secondary N) is 1. The summed E-state index contributed by atoms with van der Waals surface area (Å²) in [5.74, 6) is -0.0321. The van der Waals surface area contributed by atoms with Crippen LogP contribution in [-0.4, -0.2) is 54.8 Å². The Morgan fingerprint density at radius 2 is 1.55 bits per heavy atom. The van der Waals surface area contributed by atoms with E-state index in [9.17, 15) is 9.59 Å². The maximum Gasteiger partial charge on any atom is 0.239 e. The fourth-order valence-corrected chi connectivity index (χ4v) is 3.96. The summed E-state index contributed by atoms with van der Waals surface area (Å²) in [5, 5.41) is 4.32. The van der Waals surface area contributed by atoms with E-state index in [2.05, 4.69) is 10.2 Å². The normalized spacial score (nSPS) is 15.0. The van der Waals surface area contributed by atoms with E-state index < -0.39 is 0 Å². The van der Waals surface area contributed by atoms with Gasteiger partial charge in [-0.05, 0) is 43.7 Å². The molecule has 0 saturated carbocycles. The number of nitrogens with zero attached hydrogens (tertiary/aromatic N) is 2. The minimum absolute atomic E-state index is 0.0102. The molecule has 2 aromatic carbocycles. The molecule has 1 saturated heterocycles. The molecular formula is C23H27N3O3. The Balaban J connectivity index is 1.41. The standard InChI is InChI=1S/C23H27N3O3/c27-22(24-11-5-6-12-25-13-15-29-16-14-25)17-26-20-9-3-1-7-18(20)23(28)19-8-2-4-10-21(19)26/h1-4,7-10H,5-6,11-17H2,(H,24,27). The molecule has 1 aliphatic rings. The van der Waals surface area contributed by atoms with Gasteiger partial charge < -0.3 is 14.6 Å². The van der Waals surface area contributed by atoms with Crippen LogP contribution in [0.5, 0.6) is 0 Å². The molecule has 6 nitrogen and oxygen atoms in total. The quantitative estimate of drug-likeness (QED) is 0.495. The maximum atomic E-state index is 12.8. The molecule has 29 heavy (non-hydrogen) atoms. The van der Waals surface area contributed by atoms with Gasteiger partial charge >= 0.3 is 0 Å². The van der Waals surface area contributed by atoms with Crippen LogP contribution in [0.2, 0.25) is 0 Å². The number of carbonyl (C=O) groups excluding carboxylic acids is 1. The van der Waals surface area contributed by atoms with Crippen LogP contribution in [-0.2, 0) is 16.1 Å². The molecule has 152 valence electrons. The number of hydrogen-bond donors (Lipinski definition) is 1. The van der Waals surface area contributed by atoms with E-state index in [0.29, 0.717) is 17.3 Å². The van der Waals surface area contributed by atoms with Crippen molar-refractivity contribution in [2.24, 2.45) is 0 Å². The summed E-state index contributed by atoms with van der Waals surface area (Å²) in [5.41, 5.74) is 1.59. The number of unbranched alkanes of at least 4 members (excludes halogenated alkanes) is 1. The van der Waals surface area contributed by atoms with Gasteiger partial charge in [0.05, 0.1) is 24.2 Å². The summed E-state index contributed by atoms with van der Waals surface area (Å²) in [4.78, 5) is 27.8. The predicted molar refractivity (Wildman–Crippen MR) is 115 cm³/mol. The molecule has 0 unspecified atom stereocenters. The van der Waals surface area contributed by atoms with Gasteiger partial charge in [-0.25, -0.2) is 0 Å². The van der Waals surface area contributed by atoms with Crippen molar-refractivity contribution in [3.8, 4) is 0 Å². The molecule has 2 heterocycles. The van der Waals surface area contributed by atoms with Gasteiger partial charge in [-0.15, -0.1) is 0 Å². The zero-order valence-corrected chi connectivity index (χ0v) is 16.6. The highest BCUT2D eigenvalue weighted by molar-refractivity contribution is 5.94. The van der Waals surface area contributed by atoms with Gasteiger partial charge in [0.25, 0.3) is 0 Å². The molecule has 0 bridgehead atoms. The first-order valence-electron chi connectivity index (χ1n) is 10.3. The predicted octanol–water partition coefficient (Wildman–Crippen LogP) is 2.38. The van der Waals surface area contributed by atoms with Crippen molar-refractivity contribution in [3.05, 3.63) is 58.8 Å². The van der Waals surface area contributed by atoms with E-state index in [4.69, 9.17) is 4.74 Å². The number of pyridine rings is 1. The molecule has 1 N–H and O–H groups in total. The molecule has 4 rings (SSSR count). The van der Waals surface area contributed by atoms with Crippen molar-refractivity contribution in [2.75, 3.05) is 39.4 Å². The van der Waals surface area contributed by atoms with E-state index in [1.165, 1.54) is 0 Å². The topological polar surface area (TPSA) is 63.6 Å². The molecule has 1 fully saturated rings. The summed E-state index contributed by atoms with van der Waals surface area (Å²) in [6, 6.07) is 15.0. The van der Waals surface area contributed by atoms with E-state index in [1.54, 1.807) is 0 Å². The second kappa shape index (κ2) is 9.20. The Hall–Kier alpha value is -2.70. The van der Waals surface area contributed by atoms with Crippen LogP contribution in [0.3, 0.4) is 0 Å². The number of rotatable bonds is 7. The third-order valence-corrected chi connectivity index (χ3v) is 5.51. The van der Waals surface area contributed by atoms with Gasteiger partial charge in [-0.3, -0.25) is 14.5 Å². The third-order valence-electron chi connectivity index (χ3n) is 5.51. The number of fused-ring (bicyclic) bond motifs is 2. The van der Waals surface area contributed by atoms with Gasteiger partial charge in [-0.2, -0.15) is 0 Å². The van der Waals surface area contributed by atoms with Gasteiger partial charge in [0, 0.05) is 30.4 Å².